The highest BCUT2D eigenvalue weighted by molar-refractivity contribution is 5.76. The molecule has 3 nitrogen and oxygen atoms in total. The zero-order valence-corrected chi connectivity index (χ0v) is 12.6. The summed E-state index contributed by atoms with van der Waals surface area (Å²) in [6.45, 7) is 12.0. The van der Waals surface area contributed by atoms with Crippen LogP contribution in [-0.2, 0) is 4.79 Å². The van der Waals surface area contributed by atoms with Crippen LogP contribution in [0.2, 0.25) is 0 Å². The van der Waals surface area contributed by atoms with Crippen LogP contribution >= 0.6 is 0 Å². The van der Waals surface area contributed by atoms with Crippen molar-refractivity contribution in [2.45, 2.75) is 66.4 Å². The van der Waals surface area contributed by atoms with Crippen molar-refractivity contribution in [2.75, 3.05) is 13.1 Å². The van der Waals surface area contributed by atoms with E-state index in [4.69, 9.17) is 0 Å². The van der Waals surface area contributed by atoms with Crippen molar-refractivity contribution in [3.8, 4) is 0 Å². The van der Waals surface area contributed by atoms with E-state index in [1.54, 1.807) is 0 Å². The normalized spacial score (nSPS) is 24.1. The lowest BCUT2D eigenvalue weighted by Gasteiger charge is -2.41. The third-order valence-electron chi connectivity index (χ3n) is 3.99. The van der Waals surface area contributed by atoms with E-state index in [2.05, 4.69) is 34.6 Å². The Morgan fingerprint density at radius 2 is 2.00 bits per heavy atom. The molecule has 1 saturated heterocycles. The van der Waals surface area contributed by atoms with Gasteiger partial charge in [0, 0.05) is 19.5 Å². The Morgan fingerprint density at radius 3 is 2.50 bits per heavy atom. The van der Waals surface area contributed by atoms with Gasteiger partial charge in [0.15, 0.2) is 0 Å². The molecule has 1 aliphatic rings. The van der Waals surface area contributed by atoms with Crippen LogP contribution in [0.1, 0.15) is 60.3 Å². The number of aliphatic hydroxyl groups is 1. The number of carbonyl (C=O) groups is 1. The predicted molar refractivity (Wildman–Crippen MR) is 74.3 cm³/mol. The molecule has 0 spiro atoms. The number of amides is 1. The lowest BCUT2D eigenvalue weighted by atomic mass is 9.80. The highest BCUT2D eigenvalue weighted by Crippen LogP contribution is 2.30. The molecule has 106 valence electrons. The van der Waals surface area contributed by atoms with E-state index in [9.17, 15) is 9.90 Å². The van der Waals surface area contributed by atoms with Crippen LogP contribution in [0.4, 0.5) is 0 Å². The summed E-state index contributed by atoms with van der Waals surface area (Å²) >= 11 is 0. The number of rotatable bonds is 3. The number of likely N-dealkylation sites (tertiary alicyclic amines) is 1. The lowest BCUT2D eigenvalue weighted by Crippen LogP contribution is -2.50. The second kappa shape index (κ2) is 5.60. The number of nitrogens with zero attached hydrogens (tertiary/aromatic N) is 1. The molecule has 1 aliphatic heterocycles. The highest BCUT2D eigenvalue weighted by atomic mass is 16.3. The molecule has 0 bridgehead atoms. The largest absolute Gasteiger partial charge is 0.391 e. The van der Waals surface area contributed by atoms with Crippen molar-refractivity contribution >= 4 is 5.91 Å². The molecule has 0 aromatic carbocycles. The fourth-order valence-corrected chi connectivity index (χ4v) is 2.29. The van der Waals surface area contributed by atoms with Crippen molar-refractivity contribution in [2.24, 2.45) is 10.8 Å². The molecule has 1 atom stereocenters. The number of β-amino-alcohol motifs (C(OH)–C–C–N with tert-alkyl or cyclic N) is 1. The monoisotopic (exact) mass is 255 g/mol. The maximum atomic E-state index is 12.1. The second-order valence-corrected chi connectivity index (χ2v) is 7.51. The van der Waals surface area contributed by atoms with Crippen LogP contribution in [0.25, 0.3) is 0 Å². The predicted octanol–water partition coefficient (Wildman–Crippen LogP) is 2.82. The van der Waals surface area contributed by atoms with E-state index in [0.29, 0.717) is 18.4 Å². The van der Waals surface area contributed by atoms with Crippen molar-refractivity contribution in [1.29, 1.82) is 0 Å². The first-order valence-electron chi connectivity index (χ1n) is 7.08. The number of aliphatic hydroxyl groups excluding tert-OH is 1. The fourth-order valence-electron chi connectivity index (χ4n) is 2.29. The lowest BCUT2D eigenvalue weighted by molar-refractivity contribution is -0.138. The molecule has 1 unspecified atom stereocenters. The number of hydrogen-bond donors (Lipinski definition) is 1. The summed E-state index contributed by atoms with van der Waals surface area (Å²) in [6, 6.07) is 0. The minimum Gasteiger partial charge on any atom is -0.391 e. The highest BCUT2D eigenvalue weighted by Gasteiger charge is 2.35. The summed E-state index contributed by atoms with van der Waals surface area (Å²) in [6.07, 6.45) is 3.13. The van der Waals surface area contributed by atoms with Crippen LogP contribution in [-0.4, -0.2) is 35.1 Å². The smallest absolute Gasteiger partial charge is 0.222 e. The average molecular weight is 255 g/mol. The van der Waals surface area contributed by atoms with Gasteiger partial charge in [-0.15, -0.1) is 0 Å². The Kier molecular flexibility index (Phi) is 4.82. The van der Waals surface area contributed by atoms with Gasteiger partial charge in [-0.25, -0.2) is 0 Å². The molecule has 1 fully saturated rings. The molecule has 0 radical (unpaired) electrons. The first-order chi connectivity index (χ1) is 8.12. The summed E-state index contributed by atoms with van der Waals surface area (Å²) in [4.78, 5) is 13.9. The first kappa shape index (κ1) is 15.5. The summed E-state index contributed by atoms with van der Waals surface area (Å²) < 4.78 is 0. The van der Waals surface area contributed by atoms with Crippen LogP contribution in [0.3, 0.4) is 0 Å². The van der Waals surface area contributed by atoms with Crippen molar-refractivity contribution in [1.82, 2.24) is 4.90 Å². The number of piperidine rings is 1. The van der Waals surface area contributed by atoms with Crippen LogP contribution in [0.15, 0.2) is 0 Å². The van der Waals surface area contributed by atoms with Gasteiger partial charge in [-0.2, -0.15) is 0 Å². The molecule has 0 aromatic rings. The zero-order valence-electron chi connectivity index (χ0n) is 12.6. The van der Waals surface area contributed by atoms with Gasteiger partial charge in [0.1, 0.15) is 0 Å². The van der Waals surface area contributed by atoms with E-state index in [0.717, 1.165) is 25.8 Å². The minimum absolute atomic E-state index is 0.0534. The van der Waals surface area contributed by atoms with Gasteiger partial charge in [0.2, 0.25) is 5.91 Å². The molecular formula is C15H29NO2. The van der Waals surface area contributed by atoms with Crippen molar-refractivity contribution in [3.63, 3.8) is 0 Å². The Morgan fingerprint density at radius 1 is 1.39 bits per heavy atom. The molecule has 1 amide bonds. The molecule has 1 rings (SSSR count). The third-order valence-corrected chi connectivity index (χ3v) is 3.99. The second-order valence-electron chi connectivity index (χ2n) is 7.51. The number of hydrogen-bond acceptors (Lipinski definition) is 2. The quantitative estimate of drug-likeness (QED) is 0.842. The molecule has 0 aliphatic carbocycles. The van der Waals surface area contributed by atoms with E-state index < -0.39 is 6.10 Å². The Labute approximate surface area is 112 Å². The maximum absolute atomic E-state index is 12.1. The van der Waals surface area contributed by atoms with E-state index in [-0.39, 0.29) is 11.3 Å². The molecule has 3 heteroatoms. The molecule has 1 heterocycles. The fraction of sp³-hybridized carbons (Fsp3) is 0.933. The minimum atomic E-state index is -0.391. The summed E-state index contributed by atoms with van der Waals surface area (Å²) in [5, 5.41) is 10.0. The molecule has 18 heavy (non-hydrogen) atoms. The van der Waals surface area contributed by atoms with Gasteiger partial charge in [0.25, 0.3) is 0 Å². The van der Waals surface area contributed by atoms with Gasteiger partial charge in [0.05, 0.1) is 6.10 Å². The van der Waals surface area contributed by atoms with E-state index in [1.165, 1.54) is 0 Å². The molecule has 1 N–H and O–H groups in total. The van der Waals surface area contributed by atoms with Gasteiger partial charge in [-0.05, 0) is 30.1 Å². The van der Waals surface area contributed by atoms with E-state index >= 15 is 0 Å². The standard InChI is InChI=1S/C15H29NO2/c1-14(2,3)8-6-7-13(18)16-10-9-15(4,5)12(17)11-16/h12,17H,6-11H2,1-5H3. The van der Waals surface area contributed by atoms with E-state index in [1.807, 2.05) is 4.90 Å². The van der Waals surface area contributed by atoms with Crippen LogP contribution in [0, 0.1) is 10.8 Å². The average Bonchev–Trinajstić information content (AvgIpc) is 2.20. The van der Waals surface area contributed by atoms with Crippen molar-refractivity contribution < 1.29 is 9.90 Å². The number of carbonyl (C=O) groups excluding carboxylic acids is 1. The Balaban J connectivity index is 2.36. The van der Waals surface area contributed by atoms with Crippen LogP contribution < -0.4 is 0 Å². The maximum Gasteiger partial charge on any atom is 0.222 e. The summed E-state index contributed by atoms with van der Waals surface area (Å²) in [5.41, 5.74) is 0.242. The first-order valence-corrected chi connectivity index (χ1v) is 7.08. The molecular weight excluding hydrogens is 226 g/mol. The van der Waals surface area contributed by atoms with Gasteiger partial charge in [-0.1, -0.05) is 34.6 Å². The molecule has 0 aromatic heterocycles. The van der Waals surface area contributed by atoms with Crippen molar-refractivity contribution in [3.05, 3.63) is 0 Å². The Bertz CT molecular complexity index is 291. The van der Waals surface area contributed by atoms with Gasteiger partial charge >= 0.3 is 0 Å². The SMILES string of the molecule is CC(C)(C)CCCC(=O)N1CCC(C)(C)C(O)C1. The topological polar surface area (TPSA) is 40.5 Å². The third kappa shape index (κ3) is 4.60. The zero-order chi connectivity index (χ0) is 14.0. The molecule has 0 saturated carbocycles. The Hall–Kier alpha value is -0.570. The summed E-state index contributed by atoms with van der Waals surface area (Å²) in [5.74, 6) is 0.203. The van der Waals surface area contributed by atoms with Gasteiger partial charge < -0.3 is 10.0 Å². The summed E-state index contributed by atoms with van der Waals surface area (Å²) in [7, 11) is 0. The van der Waals surface area contributed by atoms with Crippen LogP contribution in [0.5, 0.6) is 0 Å². The van der Waals surface area contributed by atoms with Gasteiger partial charge in [-0.3, -0.25) is 4.79 Å².